The van der Waals surface area contributed by atoms with Crippen molar-refractivity contribution in [2.45, 2.75) is 144 Å². The molecule has 0 aromatic carbocycles. The van der Waals surface area contributed by atoms with E-state index in [9.17, 15) is 83.1 Å². The van der Waals surface area contributed by atoms with E-state index >= 15 is 0 Å². The highest BCUT2D eigenvalue weighted by atomic mass is 32.2. The molecule has 1 N–H and O–H groups in total. The second kappa shape index (κ2) is 16.9. The minimum atomic E-state index is -8.83. The molecule has 0 atom stereocenters. The van der Waals surface area contributed by atoms with Gasteiger partial charge in [-0.3, -0.25) is 0 Å². The number of sulfonamides is 1. The fourth-order valence-corrected chi connectivity index (χ4v) is 5.05. The van der Waals surface area contributed by atoms with Gasteiger partial charge in [0, 0.05) is 6.54 Å². The molecule has 0 bridgehead atoms. The van der Waals surface area contributed by atoms with E-state index in [1.54, 1.807) is 0 Å². The molecule has 282 valence electrons. The van der Waals surface area contributed by atoms with Gasteiger partial charge < -0.3 is 0 Å². The molecule has 0 unspecified atom stereocenters. The minimum absolute atomic E-state index is 0.0291. The third kappa shape index (κ3) is 9.80. The zero-order valence-electron chi connectivity index (χ0n) is 24.9. The van der Waals surface area contributed by atoms with Gasteiger partial charge in [0.15, 0.2) is 0 Å². The number of nitrogens with one attached hydrogen (secondary N) is 1. The summed E-state index contributed by atoms with van der Waals surface area (Å²) in [5, 5.41) is -7.52. The van der Waals surface area contributed by atoms with Crippen molar-refractivity contribution in [3.8, 4) is 0 Å². The fourth-order valence-electron chi connectivity index (χ4n) is 3.99. The van der Waals surface area contributed by atoms with Gasteiger partial charge in [-0.25, -0.2) is 13.1 Å². The van der Waals surface area contributed by atoms with E-state index in [0.29, 0.717) is 24.0 Å². The molecule has 47 heavy (non-hydrogen) atoms. The molecule has 0 saturated heterocycles. The molecule has 0 fully saturated rings. The van der Waals surface area contributed by atoms with Crippen molar-refractivity contribution < 1.29 is 83.1 Å². The Labute approximate surface area is 260 Å². The van der Waals surface area contributed by atoms with Crippen molar-refractivity contribution in [1.29, 1.82) is 0 Å². The third-order valence-corrected chi connectivity index (χ3v) is 8.53. The summed E-state index contributed by atoms with van der Waals surface area (Å²) in [5.41, 5.74) is 0. The Morgan fingerprint density at radius 3 is 1.15 bits per heavy atom. The van der Waals surface area contributed by atoms with Crippen molar-refractivity contribution in [2.75, 3.05) is 6.54 Å². The third-order valence-electron chi connectivity index (χ3n) is 7.01. The van der Waals surface area contributed by atoms with Gasteiger partial charge >= 0.3 is 47.0 Å². The molecule has 0 aliphatic carbocycles. The molecule has 3 nitrogen and oxygen atoms in total. The van der Waals surface area contributed by atoms with Crippen LogP contribution in [0.2, 0.25) is 0 Å². The summed E-state index contributed by atoms with van der Waals surface area (Å²) in [4.78, 5) is 0. The van der Waals surface area contributed by atoms with Crippen LogP contribution in [0.1, 0.15) is 96.8 Å². The number of rotatable bonds is 24. The molecule has 0 aliphatic rings. The van der Waals surface area contributed by atoms with Crippen LogP contribution in [0, 0.1) is 0 Å². The predicted molar refractivity (Wildman–Crippen MR) is 137 cm³/mol. The van der Waals surface area contributed by atoms with Gasteiger partial charge in [0.25, 0.3) is 10.0 Å². The average molecular weight is 750 g/mol. The molecular weight excluding hydrogens is 713 g/mol. The van der Waals surface area contributed by atoms with Crippen LogP contribution in [0.3, 0.4) is 0 Å². The number of alkyl halides is 17. The molecule has 0 aromatic heterocycles. The largest absolute Gasteiger partial charge is 0.460 e. The fraction of sp³-hybridized carbons (Fsp3) is 0.923. The Bertz CT molecular complexity index is 1070. The zero-order chi connectivity index (χ0) is 37.2. The maximum absolute atomic E-state index is 14.0. The second-order valence-corrected chi connectivity index (χ2v) is 12.6. The number of halogens is 17. The number of hydrogen-bond donors (Lipinski definition) is 1. The van der Waals surface area contributed by atoms with E-state index < -0.39 is 70.0 Å². The van der Waals surface area contributed by atoms with Gasteiger partial charge in [-0.15, -0.1) is 0 Å². The Morgan fingerprint density at radius 1 is 0.447 bits per heavy atom. The highest BCUT2D eigenvalue weighted by Crippen LogP contribution is 2.64. The first-order valence-corrected chi connectivity index (χ1v) is 15.9. The van der Waals surface area contributed by atoms with E-state index in [2.05, 4.69) is 6.92 Å². The summed E-state index contributed by atoms with van der Waals surface area (Å²) in [6.45, 7) is 0.896. The Hall–Kier alpha value is -1.54. The Balaban J connectivity index is 5.18. The van der Waals surface area contributed by atoms with Crippen molar-refractivity contribution in [3.05, 3.63) is 12.2 Å². The second-order valence-electron chi connectivity index (χ2n) is 10.8. The molecule has 0 aliphatic heterocycles. The minimum Gasteiger partial charge on any atom is -0.210 e. The quantitative estimate of drug-likeness (QED) is 0.0607. The SMILES string of the molecule is CCCCCCCC/C=C\CCCCCCCCNS(=O)(=O)C(F)(F)C(F)(F)C(F)(F)C(F)(F)C(F)(F)C(F)(F)C(F)(F)C(F)(F)F. The predicted octanol–water partition coefficient (Wildman–Crippen LogP) is 10.9. The standard InChI is InChI=1S/C26H36F17NO2S/c1-2-3-4-5-6-7-8-9-10-11-12-13-14-15-16-17-18-44-47(45,46)26(42,43)24(37,38)22(33,34)20(29,30)19(27,28)21(31,32)23(35,36)25(39,40)41/h9-10,44H,2-8,11-18H2,1H3/b10-9-. The lowest BCUT2D eigenvalue weighted by atomic mass is 9.91. The molecule has 0 rings (SSSR count). The first kappa shape index (κ1) is 45.5. The van der Waals surface area contributed by atoms with E-state index in [1.165, 1.54) is 19.3 Å². The van der Waals surface area contributed by atoms with E-state index in [0.717, 1.165) is 38.5 Å². The van der Waals surface area contributed by atoms with Crippen LogP contribution in [-0.2, 0) is 10.0 Å². The summed E-state index contributed by atoms with van der Waals surface area (Å²) >= 11 is 0. The molecule has 0 aromatic rings. The van der Waals surface area contributed by atoms with E-state index in [4.69, 9.17) is 0 Å². The van der Waals surface area contributed by atoms with Crippen molar-refractivity contribution in [2.24, 2.45) is 0 Å². The lowest BCUT2D eigenvalue weighted by Crippen LogP contribution is -2.75. The van der Waals surface area contributed by atoms with Gasteiger partial charge in [0.2, 0.25) is 0 Å². The van der Waals surface area contributed by atoms with Gasteiger partial charge in [-0.05, 0) is 32.1 Å². The van der Waals surface area contributed by atoms with Crippen LogP contribution >= 0.6 is 0 Å². The zero-order valence-corrected chi connectivity index (χ0v) is 25.7. The summed E-state index contributed by atoms with van der Waals surface area (Å²) in [6, 6.07) is 0. The van der Waals surface area contributed by atoms with Crippen molar-refractivity contribution in [3.63, 3.8) is 0 Å². The number of hydrogen-bond acceptors (Lipinski definition) is 2. The monoisotopic (exact) mass is 749 g/mol. The Morgan fingerprint density at radius 2 is 0.766 bits per heavy atom. The van der Waals surface area contributed by atoms with Crippen LogP contribution in [0.15, 0.2) is 12.2 Å². The van der Waals surface area contributed by atoms with Crippen LogP contribution in [0.5, 0.6) is 0 Å². The van der Waals surface area contributed by atoms with E-state index in [1.807, 2.05) is 12.2 Å². The maximum Gasteiger partial charge on any atom is 0.460 e. The van der Waals surface area contributed by atoms with Gasteiger partial charge in [-0.1, -0.05) is 76.9 Å². The van der Waals surface area contributed by atoms with Gasteiger partial charge in [-0.2, -0.15) is 74.6 Å². The smallest absolute Gasteiger partial charge is 0.210 e. The average Bonchev–Trinajstić information content (AvgIpc) is 2.93. The lowest BCUT2D eigenvalue weighted by molar-refractivity contribution is -0.458. The summed E-state index contributed by atoms with van der Waals surface area (Å²) < 4.78 is 251. The maximum atomic E-state index is 14.0. The first-order chi connectivity index (χ1) is 21.1. The molecule has 0 amide bonds. The molecular formula is C26H36F17NO2S. The highest BCUT2D eigenvalue weighted by Gasteiger charge is 2.96. The van der Waals surface area contributed by atoms with Crippen LogP contribution in [0.4, 0.5) is 74.6 Å². The normalized spacial score (nSPS) is 15.2. The molecule has 21 heteroatoms. The summed E-state index contributed by atoms with van der Waals surface area (Å²) in [6.07, 6.45) is 6.59. The summed E-state index contributed by atoms with van der Waals surface area (Å²) in [5.74, 6) is -51.5. The summed E-state index contributed by atoms with van der Waals surface area (Å²) in [7, 11) is -7.23. The van der Waals surface area contributed by atoms with Crippen molar-refractivity contribution >= 4 is 10.0 Å². The molecule has 0 saturated carbocycles. The number of unbranched alkanes of at least 4 members (excludes halogenated alkanes) is 12. The van der Waals surface area contributed by atoms with Gasteiger partial charge in [0.05, 0.1) is 0 Å². The number of allylic oxidation sites excluding steroid dienone is 2. The van der Waals surface area contributed by atoms with Gasteiger partial charge in [0.1, 0.15) is 0 Å². The lowest BCUT2D eigenvalue weighted by Gasteiger charge is -2.42. The molecule has 0 spiro atoms. The Kier molecular flexibility index (Phi) is 16.4. The van der Waals surface area contributed by atoms with Crippen LogP contribution in [0.25, 0.3) is 0 Å². The van der Waals surface area contributed by atoms with Crippen molar-refractivity contribution in [1.82, 2.24) is 4.72 Å². The van der Waals surface area contributed by atoms with E-state index in [-0.39, 0.29) is 6.42 Å². The topological polar surface area (TPSA) is 46.2 Å². The first-order valence-electron chi connectivity index (χ1n) is 14.4. The van der Waals surface area contributed by atoms with Crippen LogP contribution < -0.4 is 4.72 Å². The van der Waals surface area contributed by atoms with Crippen LogP contribution in [-0.4, -0.2) is 61.9 Å². The highest BCUT2D eigenvalue weighted by molar-refractivity contribution is 7.90. The molecule has 0 heterocycles. The molecule has 0 radical (unpaired) electrons.